The average Bonchev–Trinajstić information content (AvgIpc) is 3.14. The number of aliphatic hydroxyl groups excluding tert-OH is 3. The van der Waals surface area contributed by atoms with E-state index in [9.17, 15) is 24.9 Å². The molecule has 192 valence electrons. The van der Waals surface area contributed by atoms with Gasteiger partial charge in [-0.15, -0.1) is 0 Å². The molecule has 1 aliphatic rings. The molecule has 1 fully saturated rings. The molecule has 2 heterocycles. The number of rotatable bonds is 6. The van der Waals surface area contributed by atoms with Gasteiger partial charge in [0.25, 0.3) is 5.91 Å². The molecule has 0 bridgehead atoms. The summed E-state index contributed by atoms with van der Waals surface area (Å²) in [5.41, 5.74) is 2.10. The van der Waals surface area contributed by atoms with Gasteiger partial charge in [0.1, 0.15) is 28.9 Å². The van der Waals surface area contributed by atoms with E-state index in [0.717, 1.165) is 0 Å². The molecule has 36 heavy (non-hydrogen) atoms. The smallest absolute Gasteiger partial charge is 0.312 e. The lowest BCUT2D eigenvalue weighted by atomic mass is 10.0. The highest BCUT2D eigenvalue weighted by atomic mass is 79.9. The van der Waals surface area contributed by atoms with Crippen LogP contribution in [0.5, 0.6) is 5.75 Å². The zero-order chi connectivity index (χ0) is 26.1. The molecular weight excluding hydrogens is 558 g/mol. The van der Waals surface area contributed by atoms with Gasteiger partial charge in [0.15, 0.2) is 0 Å². The third-order valence-corrected chi connectivity index (χ3v) is 7.44. The van der Waals surface area contributed by atoms with Gasteiger partial charge in [-0.2, -0.15) is 0 Å². The van der Waals surface area contributed by atoms with Crippen LogP contribution < -0.4 is 4.74 Å². The van der Waals surface area contributed by atoms with Crippen molar-refractivity contribution in [2.24, 2.45) is 0 Å². The summed E-state index contributed by atoms with van der Waals surface area (Å²) in [6, 6.07) is 11.7. The SMILES string of the molecule is COc1ccc2c(c1)c(CC(=O)O[C@@H]1O[C@H](CO)[C@@H](O)[C@H](O)[C@H]1Br)c(C)n2C(=O)c1ccc(Cl)cc1. The quantitative estimate of drug-likeness (QED) is 0.299. The molecule has 0 aliphatic carbocycles. The van der Waals surface area contributed by atoms with Crippen molar-refractivity contribution in [1.29, 1.82) is 0 Å². The maximum atomic E-state index is 13.4. The summed E-state index contributed by atoms with van der Waals surface area (Å²) in [7, 11) is 1.52. The molecule has 0 unspecified atom stereocenters. The zero-order valence-electron chi connectivity index (χ0n) is 19.4. The number of methoxy groups -OCH3 is 1. The number of halogens is 2. The van der Waals surface area contributed by atoms with Crippen molar-refractivity contribution in [3.05, 3.63) is 64.3 Å². The molecule has 5 atom stereocenters. The second-order valence-electron chi connectivity index (χ2n) is 8.41. The van der Waals surface area contributed by atoms with Crippen LogP contribution in [-0.4, -0.2) is 74.9 Å². The number of aromatic nitrogens is 1. The minimum Gasteiger partial charge on any atom is -0.497 e. The Labute approximate surface area is 220 Å². The Kier molecular flexibility index (Phi) is 8.03. The first kappa shape index (κ1) is 26.6. The number of carbonyl (C=O) groups is 2. The van der Waals surface area contributed by atoms with Crippen LogP contribution in [0.25, 0.3) is 10.9 Å². The van der Waals surface area contributed by atoms with Crippen molar-refractivity contribution in [1.82, 2.24) is 4.57 Å². The van der Waals surface area contributed by atoms with Gasteiger partial charge < -0.3 is 29.5 Å². The summed E-state index contributed by atoms with van der Waals surface area (Å²) in [5.74, 6) is -0.432. The Morgan fingerprint density at radius 2 is 1.83 bits per heavy atom. The fourth-order valence-corrected chi connectivity index (χ4v) is 4.92. The van der Waals surface area contributed by atoms with E-state index in [-0.39, 0.29) is 12.3 Å². The molecule has 0 spiro atoms. The molecule has 1 saturated heterocycles. The summed E-state index contributed by atoms with van der Waals surface area (Å²) < 4.78 is 17.8. The van der Waals surface area contributed by atoms with E-state index in [4.69, 9.17) is 25.8 Å². The number of fused-ring (bicyclic) bond motifs is 1. The summed E-state index contributed by atoms with van der Waals surface area (Å²) in [6.45, 7) is 1.17. The fraction of sp³-hybridized carbons (Fsp3) is 0.360. The molecular formula is C25H25BrClNO8. The second-order valence-corrected chi connectivity index (χ2v) is 9.91. The number of benzene rings is 2. The number of nitrogens with zero attached hydrogens (tertiary/aromatic N) is 1. The monoisotopic (exact) mass is 581 g/mol. The lowest BCUT2D eigenvalue weighted by Gasteiger charge is -2.39. The van der Waals surface area contributed by atoms with E-state index in [1.54, 1.807) is 49.4 Å². The first-order valence-corrected chi connectivity index (χ1v) is 12.4. The van der Waals surface area contributed by atoms with Crippen LogP contribution in [-0.2, 0) is 20.7 Å². The number of esters is 1. The van der Waals surface area contributed by atoms with Gasteiger partial charge in [-0.3, -0.25) is 14.2 Å². The van der Waals surface area contributed by atoms with Gasteiger partial charge in [-0.25, -0.2) is 0 Å². The predicted octanol–water partition coefficient (Wildman–Crippen LogP) is 2.59. The van der Waals surface area contributed by atoms with E-state index in [1.165, 1.54) is 11.7 Å². The first-order valence-electron chi connectivity index (χ1n) is 11.1. The number of aliphatic hydroxyl groups is 3. The maximum absolute atomic E-state index is 13.4. The molecule has 4 rings (SSSR count). The van der Waals surface area contributed by atoms with Crippen molar-refractivity contribution in [2.75, 3.05) is 13.7 Å². The van der Waals surface area contributed by atoms with Gasteiger partial charge >= 0.3 is 5.97 Å². The molecule has 1 aromatic heterocycles. The maximum Gasteiger partial charge on any atom is 0.312 e. The normalized spacial score (nSPS) is 24.0. The van der Waals surface area contributed by atoms with Crippen molar-refractivity contribution in [3.8, 4) is 5.75 Å². The highest BCUT2D eigenvalue weighted by Crippen LogP contribution is 2.32. The Balaban J connectivity index is 1.67. The molecule has 0 amide bonds. The molecule has 3 N–H and O–H groups in total. The van der Waals surface area contributed by atoms with Gasteiger partial charge in [0.05, 0.1) is 25.7 Å². The van der Waals surface area contributed by atoms with Crippen LogP contribution in [0.2, 0.25) is 5.02 Å². The Morgan fingerprint density at radius 1 is 1.14 bits per heavy atom. The Morgan fingerprint density at radius 3 is 2.47 bits per heavy atom. The van der Waals surface area contributed by atoms with Crippen LogP contribution in [0.4, 0.5) is 0 Å². The summed E-state index contributed by atoms with van der Waals surface area (Å²) in [6.07, 6.45) is -5.23. The topological polar surface area (TPSA) is 127 Å². The summed E-state index contributed by atoms with van der Waals surface area (Å²) >= 11 is 9.16. The first-order chi connectivity index (χ1) is 17.2. The molecule has 0 saturated carbocycles. The number of hydrogen-bond acceptors (Lipinski definition) is 8. The van der Waals surface area contributed by atoms with Crippen molar-refractivity contribution in [2.45, 2.75) is 42.8 Å². The van der Waals surface area contributed by atoms with Crippen LogP contribution in [0, 0.1) is 6.92 Å². The Hall–Kier alpha value is -2.47. The van der Waals surface area contributed by atoms with Gasteiger partial charge in [-0.05, 0) is 55.0 Å². The average molecular weight is 583 g/mol. The molecule has 2 aromatic carbocycles. The molecule has 0 radical (unpaired) electrons. The molecule has 3 aromatic rings. The van der Waals surface area contributed by atoms with Gasteiger partial charge in [0, 0.05) is 21.7 Å². The lowest BCUT2D eigenvalue weighted by molar-refractivity contribution is -0.246. The van der Waals surface area contributed by atoms with Crippen LogP contribution >= 0.6 is 27.5 Å². The summed E-state index contributed by atoms with van der Waals surface area (Å²) in [5, 5.41) is 30.8. The number of carbonyl (C=O) groups excluding carboxylic acids is 2. The van der Waals surface area contributed by atoms with Crippen molar-refractivity contribution < 1.29 is 39.1 Å². The molecule has 9 nitrogen and oxygen atoms in total. The largest absolute Gasteiger partial charge is 0.497 e. The van der Waals surface area contributed by atoms with E-state index in [1.807, 2.05) is 0 Å². The van der Waals surface area contributed by atoms with Crippen LogP contribution in [0.15, 0.2) is 42.5 Å². The van der Waals surface area contributed by atoms with E-state index < -0.39 is 42.0 Å². The molecule has 1 aliphatic heterocycles. The van der Waals surface area contributed by atoms with E-state index in [2.05, 4.69) is 15.9 Å². The van der Waals surface area contributed by atoms with Crippen molar-refractivity contribution in [3.63, 3.8) is 0 Å². The number of alkyl halides is 1. The standard InChI is InChI=1S/C25H25BrClNO8/c1-12-16(10-20(30)36-25-21(26)23(32)22(31)19(11-29)35-25)17-9-15(34-2)7-8-18(17)28(12)24(33)13-3-5-14(27)6-4-13/h3-9,19,21-23,25,29,31-32H,10-11H2,1-2H3/t19-,21-,22-,23-,25+/m1/s1. The summed E-state index contributed by atoms with van der Waals surface area (Å²) in [4.78, 5) is 25.5. The zero-order valence-corrected chi connectivity index (χ0v) is 21.8. The highest BCUT2D eigenvalue weighted by molar-refractivity contribution is 9.09. The fourth-order valence-electron chi connectivity index (χ4n) is 4.25. The molecule has 11 heteroatoms. The minimum atomic E-state index is -1.35. The van der Waals surface area contributed by atoms with Crippen LogP contribution in [0.3, 0.4) is 0 Å². The Bertz CT molecular complexity index is 1280. The third-order valence-electron chi connectivity index (χ3n) is 6.21. The minimum absolute atomic E-state index is 0.210. The van der Waals surface area contributed by atoms with E-state index in [0.29, 0.717) is 38.5 Å². The van der Waals surface area contributed by atoms with Gasteiger partial charge in [0.2, 0.25) is 6.29 Å². The number of hydrogen-bond donors (Lipinski definition) is 3. The number of ether oxygens (including phenoxy) is 3. The van der Waals surface area contributed by atoms with E-state index >= 15 is 0 Å². The predicted molar refractivity (Wildman–Crippen MR) is 135 cm³/mol. The van der Waals surface area contributed by atoms with Crippen LogP contribution in [0.1, 0.15) is 21.6 Å². The second kappa shape index (κ2) is 10.9. The third kappa shape index (κ3) is 5.02. The van der Waals surface area contributed by atoms with Gasteiger partial charge in [-0.1, -0.05) is 27.5 Å². The van der Waals surface area contributed by atoms with Crippen molar-refractivity contribution >= 4 is 50.3 Å². The lowest BCUT2D eigenvalue weighted by Crippen LogP contribution is -2.57. The highest BCUT2D eigenvalue weighted by Gasteiger charge is 2.45.